The van der Waals surface area contributed by atoms with Crippen LogP contribution in [0.4, 0.5) is 24.5 Å². The van der Waals surface area contributed by atoms with Crippen molar-refractivity contribution < 1.29 is 13.2 Å². The quantitative estimate of drug-likeness (QED) is 0.806. The number of halogens is 3. The molecule has 1 aromatic rings. The summed E-state index contributed by atoms with van der Waals surface area (Å²) in [4.78, 5) is 0. The molecule has 0 unspecified atom stereocenters. The number of hydrogen-bond donors (Lipinski definition) is 2. The molecule has 1 fully saturated rings. The average Bonchev–Trinajstić information content (AvgIpc) is 2.37. The molecule has 0 radical (unpaired) electrons. The first-order chi connectivity index (χ1) is 8.97. The molecule has 1 aliphatic carbocycles. The average molecular weight is 272 g/mol. The van der Waals surface area contributed by atoms with E-state index in [1.807, 2.05) is 0 Å². The molecular formula is C14H19F3N2. The minimum absolute atomic E-state index is 0.158. The fourth-order valence-electron chi connectivity index (χ4n) is 2.55. The van der Waals surface area contributed by atoms with Crippen molar-refractivity contribution in [3.63, 3.8) is 0 Å². The van der Waals surface area contributed by atoms with Gasteiger partial charge in [-0.1, -0.05) is 19.3 Å². The third kappa shape index (κ3) is 3.78. The van der Waals surface area contributed by atoms with Crippen LogP contribution >= 0.6 is 0 Å². The Morgan fingerprint density at radius 1 is 1.16 bits per heavy atom. The van der Waals surface area contributed by atoms with Crippen LogP contribution in [0.5, 0.6) is 0 Å². The summed E-state index contributed by atoms with van der Waals surface area (Å²) in [7, 11) is 0. The molecular weight excluding hydrogens is 253 g/mol. The monoisotopic (exact) mass is 272 g/mol. The van der Waals surface area contributed by atoms with Crippen molar-refractivity contribution in [3.05, 3.63) is 23.8 Å². The molecule has 2 rings (SSSR count). The van der Waals surface area contributed by atoms with Crippen molar-refractivity contribution in [2.45, 2.75) is 38.3 Å². The highest BCUT2D eigenvalue weighted by Crippen LogP contribution is 2.33. The zero-order valence-electron chi connectivity index (χ0n) is 10.8. The third-order valence-electron chi connectivity index (χ3n) is 3.68. The van der Waals surface area contributed by atoms with Crippen molar-refractivity contribution >= 4 is 11.4 Å². The van der Waals surface area contributed by atoms with Crippen LogP contribution in [0.2, 0.25) is 0 Å². The first kappa shape index (κ1) is 14.0. The van der Waals surface area contributed by atoms with E-state index in [1.165, 1.54) is 38.2 Å². The molecule has 1 aliphatic rings. The first-order valence-electron chi connectivity index (χ1n) is 6.67. The van der Waals surface area contributed by atoms with Gasteiger partial charge < -0.3 is 11.1 Å². The van der Waals surface area contributed by atoms with Crippen LogP contribution in [0.25, 0.3) is 0 Å². The minimum Gasteiger partial charge on any atom is -0.397 e. The summed E-state index contributed by atoms with van der Waals surface area (Å²) in [5.41, 5.74) is 5.72. The number of nitrogens with one attached hydrogen (secondary N) is 1. The lowest BCUT2D eigenvalue weighted by Gasteiger charge is -2.23. The van der Waals surface area contributed by atoms with Crippen molar-refractivity contribution in [2.24, 2.45) is 5.92 Å². The highest BCUT2D eigenvalue weighted by atomic mass is 19.4. The Morgan fingerprint density at radius 2 is 1.84 bits per heavy atom. The Labute approximate surface area is 111 Å². The van der Waals surface area contributed by atoms with E-state index in [4.69, 9.17) is 5.73 Å². The van der Waals surface area contributed by atoms with Crippen LogP contribution in [-0.4, -0.2) is 6.54 Å². The first-order valence-corrected chi connectivity index (χ1v) is 6.67. The molecule has 106 valence electrons. The van der Waals surface area contributed by atoms with Gasteiger partial charge in [0.15, 0.2) is 0 Å². The summed E-state index contributed by atoms with van der Waals surface area (Å²) in [5.74, 6) is 0.607. The number of anilines is 2. The van der Waals surface area contributed by atoms with Gasteiger partial charge in [0.25, 0.3) is 0 Å². The van der Waals surface area contributed by atoms with Gasteiger partial charge in [-0.2, -0.15) is 13.2 Å². The van der Waals surface area contributed by atoms with E-state index in [2.05, 4.69) is 5.32 Å². The number of benzene rings is 1. The van der Waals surface area contributed by atoms with Gasteiger partial charge in [0.2, 0.25) is 0 Å². The second-order valence-corrected chi connectivity index (χ2v) is 5.18. The summed E-state index contributed by atoms with van der Waals surface area (Å²) < 4.78 is 37.5. The number of nitrogen functional groups attached to an aromatic ring is 1. The number of nitrogens with two attached hydrogens (primary N) is 1. The summed E-state index contributed by atoms with van der Waals surface area (Å²) in [6, 6.07) is 3.48. The van der Waals surface area contributed by atoms with E-state index < -0.39 is 11.7 Å². The van der Waals surface area contributed by atoms with Crippen molar-refractivity contribution in [3.8, 4) is 0 Å². The van der Waals surface area contributed by atoms with Crippen molar-refractivity contribution in [2.75, 3.05) is 17.6 Å². The highest BCUT2D eigenvalue weighted by molar-refractivity contribution is 5.67. The van der Waals surface area contributed by atoms with Crippen LogP contribution in [0, 0.1) is 5.92 Å². The molecule has 1 aromatic carbocycles. The van der Waals surface area contributed by atoms with Crippen LogP contribution in [0.1, 0.15) is 37.7 Å². The lowest BCUT2D eigenvalue weighted by Crippen LogP contribution is -2.18. The Balaban J connectivity index is 1.97. The molecule has 3 N–H and O–H groups in total. The van der Waals surface area contributed by atoms with Gasteiger partial charge in [-0.3, -0.25) is 0 Å². The van der Waals surface area contributed by atoms with E-state index in [-0.39, 0.29) is 5.69 Å². The SMILES string of the molecule is Nc1cc(C(F)(F)F)ccc1NCC1CCCCC1. The van der Waals surface area contributed by atoms with Crippen LogP contribution in [0.15, 0.2) is 18.2 Å². The fourth-order valence-corrected chi connectivity index (χ4v) is 2.55. The second-order valence-electron chi connectivity index (χ2n) is 5.18. The molecule has 5 heteroatoms. The topological polar surface area (TPSA) is 38.0 Å². The Hall–Kier alpha value is -1.39. The van der Waals surface area contributed by atoms with Gasteiger partial charge in [0.05, 0.1) is 16.9 Å². The number of rotatable bonds is 3. The standard InChI is InChI=1S/C14H19F3N2/c15-14(16,17)11-6-7-13(12(18)8-11)19-9-10-4-2-1-3-5-10/h6-8,10,19H,1-5,9,18H2. The van der Waals surface area contributed by atoms with E-state index in [1.54, 1.807) is 0 Å². The highest BCUT2D eigenvalue weighted by Gasteiger charge is 2.30. The second kappa shape index (κ2) is 5.72. The summed E-state index contributed by atoms with van der Waals surface area (Å²) in [5, 5.41) is 3.17. The molecule has 0 saturated heterocycles. The predicted molar refractivity (Wildman–Crippen MR) is 70.9 cm³/mol. The summed E-state index contributed by atoms with van der Waals surface area (Å²) in [6.07, 6.45) is 1.82. The van der Waals surface area contributed by atoms with Gasteiger partial charge in [-0.25, -0.2) is 0 Å². The molecule has 0 atom stereocenters. The Kier molecular flexibility index (Phi) is 4.22. The van der Waals surface area contributed by atoms with E-state index in [0.29, 0.717) is 11.6 Å². The maximum atomic E-state index is 12.5. The summed E-state index contributed by atoms with van der Waals surface area (Å²) in [6.45, 7) is 0.787. The molecule has 2 nitrogen and oxygen atoms in total. The Bertz CT molecular complexity index is 423. The zero-order valence-corrected chi connectivity index (χ0v) is 10.8. The molecule has 0 spiro atoms. The van der Waals surface area contributed by atoms with Crippen molar-refractivity contribution in [1.82, 2.24) is 0 Å². The lowest BCUT2D eigenvalue weighted by molar-refractivity contribution is -0.137. The molecule has 0 aliphatic heterocycles. The molecule has 0 heterocycles. The van der Waals surface area contributed by atoms with Crippen LogP contribution in [-0.2, 0) is 6.18 Å². The molecule has 19 heavy (non-hydrogen) atoms. The number of hydrogen-bond acceptors (Lipinski definition) is 2. The minimum atomic E-state index is -4.34. The van der Waals surface area contributed by atoms with E-state index in [9.17, 15) is 13.2 Å². The molecule has 0 aromatic heterocycles. The van der Waals surface area contributed by atoms with Gasteiger partial charge >= 0.3 is 6.18 Å². The lowest BCUT2D eigenvalue weighted by atomic mass is 9.89. The largest absolute Gasteiger partial charge is 0.416 e. The van der Waals surface area contributed by atoms with Gasteiger partial charge in [0.1, 0.15) is 0 Å². The fraction of sp³-hybridized carbons (Fsp3) is 0.571. The van der Waals surface area contributed by atoms with Gasteiger partial charge in [-0.15, -0.1) is 0 Å². The number of alkyl halides is 3. The third-order valence-corrected chi connectivity index (χ3v) is 3.68. The molecule has 0 bridgehead atoms. The summed E-state index contributed by atoms with van der Waals surface area (Å²) >= 11 is 0. The molecule has 1 saturated carbocycles. The van der Waals surface area contributed by atoms with Gasteiger partial charge in [0, 0.05) is 6.54 Å². The normalized spacial score (nSPS) is 17.4. The smallest absolute Gasteiger partial charge is 0.397 e. The zero-order chi connectivity index (χ0) is 13.9. The predicted octanol–water partition coefficient (Wildman–Crippen LogP) is 4.28. The van der Waals surface area contributed by atoms with Gasteiger partial charge in [-0.05, 0) is 37.0 Å². The van der Waals surface area contributed by atoms with Crippen molar-refractivity contribution in [1.29, 1.82) is 0 Å². The van der Waals surface area contributed by atoms with E-state index >= 15 is 0 Å². The van der Waals surface area contributed by atoms with Crippen LogP contribution in [0.3, 0.4) is 0 Å². The molecule has 0 amide bonds. The Morgan fingerprint density at radius 3 is 2.42 bits per heavy atom. The maximum absolute atomic E-state index is 12.5. The maximum Gasteiger partial charge on any atom is 0.416 e. The van der Waals surface area contributed by atoms with E-state index in [0.717, 1.165) is 18.7 Å². The van der Waals surface area contributed by atoms with Crippen LogP contribution < -0.4 is 11.1 Å².